The van der Waals surface area contributed by atoms with Crippen LogP contribution in [0.1, 0.15) is 11.4 Å². The van der Waals surface area contributed by atoms with Crippen molar-refractivity contribution < 1.29 is 9.47 Å². The van der Waals surface area contributed by atoms with Crippen LogP contribution in [-0.2, 0) is 6.42 Å². The number of hydrogen-bond donors (Lipinski definition) is 0. The number of benzene rings is 1. The van der Waals surface area contributed by atoms with Crippen molar-refractivity contribution >= 4 is 11.3 Å². The molecule has 0 radical (unpaired) electrons. The van der Waals surface area contributed by atoms with Crippen molar-refractivity contribution in [2.75, 3.05) is 13.2 Å². The van der Waals surface area contributed by atoms with Gasteiger partial charge < -0.3 is 9.47 Å². The largest absolute Gasteiger partial charge is 0.490 e. The normalized spacial score (nSPS) is 13.6. The molecule has 1 aliphatic heterocycles. The molecule has 0 atom stereocenters. The number of rotatable bonds is 2. The van der Waals surface area contributed by atoms with Gasteiger partial charge in [0.2, 0.25) is 0 Å². The molecule has 0 saturated carbocycles. The van der Waals surface area contributed by atoms with Crippen molar-refractivity contribution in [2.45, 2.75) is 12.8 Å². The average molecular weight is 272 g/mol. The summed E-state index contributed by atoms with van der Waals surface area (Å²) in [7, 11) is 0. The minimum Gasteiger partial charge on any atom is -0.490 e. The van der Waals surface area contributed by atoms with Crippen LogP contribution >= 0.6 is 11.3 Å². The maximum Gasteiger partial charge on any atom is 0.161 e. The van der Waals surface area contributed by atoms with Crippen molar-refractivity contribution in [3.8, 4) is 28.8 Å². The second-order valence-corrected chi connectivity index (χ2v) is 5.12. The van der Waals surface area contributed by atoms with Gasteiger partial charge in [0.05, 0.1) is 31.4 Å². The van der Waals surface area contributed by atoms with E-state index in [0.29, 0.717) is 19.6 Å². The number of nitrogens with zero attached hydrogens (tertiary/aromatic N) is 2. The summed E-state index contributed by atoms with van der Waals surface area (Å²) in [6.07, 6.45) is 1.25. The quantitative estimate of drug-likeness (QED) is 0.843. The molecule has 4 nitrogen and oxygen atoms in total. The molecule has 0 fully saturated rings. The number of thiazole rings is 1. The molecule has 19 heavy (non-hydrogen) atoms. The van der Waals surface area contributed by atoms with Crippen LogP contribution in [0.15, 0.2) is 23.6 Å². The highest BCUT2D eigenvalue weighted by atomic mass is 32.1. The van der Waals surface area contributed by atoms with Crippen molar-refractivity contribution in [3.05, 3.63) is 28.6 Å². The fraction of sp³-hybridized carbons (Fsp3) is 0.286. The molecule has 1 aliphatic rings. The van der Waals surface area contributed by atoms with Gasteiger partial charge >= 0.3 is 0 Å². The highest BCUT2D eigenvalue weighted by Crippen LogP contribution is 2.34. The summed E-state index contributed by atoms with van der Waals surface area (Å²) in [5.74, 6) is 1.55. The predicted octanol–water partition coefficient (Wildman–Crippen LogP) is 3.04. The van der Waals surface area contributed by atoms with E-state index in [1.165, 1.54) is 11.3 Å². The first-order chi connectivity index (χ1) is 9.36. The van der Waals surface area contributed by atoms with E-state index >= 15 is 0 Å². The van der Waals surface area contributed by atoms with Crippen LogP contribution in [0.5, 0.6) is 11.5 Å². The molecule has 3 rings (SSSR count). The van der Waals surface area contributed by atoms with E-state index in [1.54, 1.807) is 0 Å². The molecular weight excluding hydrogens is 260 g/mol. The van der Waals surface area contributed by atoms with E-state index in [0.717, 1.165) is 34.2 Å². The molecule has 0 bridgehead atoms. The molecular formula is C14H12N2O2S. The lowest BCUT2D eigenvalue weighted by Crippen LogP contribution is -1.97. The van der Waals surface area contributed by atoms with Crippen molar-refractivity contribution in [1.82, 2.24) is 4.98 Å². The molecule has 96 valence electrons. The van der Waals surface area contributed by atoms with Gasteiger partial charge in [-0.25, -0.2) is 4.98 Å². The van der Waals surface area contributed by atoms with Crippen LogP contribution in [0, 0.1) is 11.3 Å². The number of ether oxygens (including phenoxy) is 2. The van der Waals surface area contributed by atoms with Crippen LogP contribution in [0.4, 0.5) is 0 Å². The fourth-order valence-corrected chi connectivity index (χ4v) is 2.65. The predicted molar refractivity (Wildman–Crippen MR) is 72.5 cm³/mol. The van der Waals surface area contributed by atoms with Crippen LogP contribution in [0.25, 0.3) is 11.3 Å². The van der Waals surface area contributed by atoms with Gasteiger partial charge in [-0.2, -0.15) is 5.26 Å². The molecule has 0 unspecified atom stereocenters. The summed E-state index contributed by atoms with van der Waals surface area (Å²) >= 11 is 1.50. The van der Waals surface area contributed by atoms with Crippen molar-refractivity contribution in [1.29, 1.82) is 5.26 Å². The lowest BCUT2D eigenvalue weighted by molar-refractivity contribution is 0.297. The Morgan fingerprint density at radius 3 is 2.95 bits per heavy atom. The molecule has 0 aliphatic carbocycles. The van der Waals surface area contributed by atoms with Gasteiger partial charge in [0.1, 0.15) is 5.01 Å². The van der Waals surface area contributed by atoms with Crippen LogP contribution < -0.4 is 9.47 Å². The lowest BCUT2D eigenvalue weighted by Gasteiger charge is -2.08. The van der Waals surface area contributed by atoms with Crippen LogP contribution in [-0.4, -0.2) is 18.2 Å². The first-order valence-corrected chi connectivity index (χ1v) is 6.96. The highest BCUT2D eigenvalue weighted by Gasteiger charge is 2.12. The Bertz CT molecular complexity index is 631. The van der Waals surface area contributed by atoms with Crippen molar-refractivity contribution in [2.24, 2.45) is 0 Å². The zero-order chi connectivity index (χ0) is 13.1. The molecule has 0 spiro atoms. The second-order valence-electron chi connectivity index (χ2n) is 4.17. The molecule has 0 saturated heterocycles. The summed E-state index contributed by atoms with van der Waals surface area (Å²) in [5, 5.41) is 11.5. The summed E-state index contributed by atoms with van der Waals surface area (Å²) in [5.41, 5.74) is 1.87. The van der Waals surface area contributed by atoms with Crippen molar-refractivity contribution in [3.63, 3.8) is 0 Å². The van der Waals surface area contributed by atoms with E-state index in [4.69, 9.17) is 14.7 Å². The van der Waals surface area contributed by atoms with Crippen LogP contribution in [0.3, 0.4) is 0 Å². The van der Waals surface area contributed by atoms with Gasteiger partial charge in [0.25, 0.3) is 0 Å². The van der Waals surface area contributed by atoms with Gasteiger partial charge in [0.15, 0.2) is 11.5 Å². The van der Waals surface area contributed by atoms with Gasteiger partial charge in [-0.05, 0) is 18.2 Å². The first kappa shape index (κ1) is 12.0. The number of nitriles is 1. The molecule has 0 N–H and O–H groups in total. The zero-order valence-corrected chi connectivity index (χ0v) is 11.1. The third-order valence-electron chi connectivity index (χ3n) is 2.83. The third-order valence-corrected chi connectivity index (χ3v) is 3.67. The standard InChI is InChI=1S/C14H12N2O2S/c15-5-4-14-16-11(9-19-14)10-2-3-12-13(8-10)18-7-1-6-17-12/h2-3,8-9H,1,4,6-7H2. The monoisotopic (exact) mass is 272 g/mol. The summed E-state index contributed by atoms with van der Waals surface area (Å²) in [4.78, 5) is 4.44. The fourth-order valence-electron chi connectivity index (χ4n) is 1.91. The molecule has 2 aromatic rings. The number of fused-ring (bicyclic) bond motifs is 1. The maximum atomic E-state index is 8.67. The molecule has 1 aromatic carbocycles. The minimum atomic E-state index is 0.356. The molecule has 0 amide bonds. The summed E-state index contributed by atoms with van der Waals surface area (Å²) in [6.45, 7) is 1.36. The van der Waals surface area contributed by atoms with Gasteiger partial charge in [0, 0.05) is 17.4 Å². The summed E-state index contributed by atoms with van der Waals surface area (Å²) < 4.78 is 11.3. The Hall–Kier alpha value is -2.06. The van der Waals surface area contributed by atoms with E-state index in [1.807, 2.05) is 23.6 Å². The lowest BCUT2D eigenvalue weighted by atomic mass is 10.1. The highest BCUT2D eigenvalue weighted by molar-refractivity contribution is 7.10. The Labute approximate surface area is 115 Å². The smallest absolute Gasteiger partial charge is 0.161 e. The Morgan fingerprint density at radius 1 is 1.26 bits per heavy atom. The average Bonchev–Trinajstić information content (AvgIpc) is 2.76. The SMILES string of the molecule is N#CCc1nc(-c2ccc3c(c2)OCCCO3)cs1. The van der Waals surface area contributed by atoms with Crippen LogP contribution in [0.2, 0.25) is 0 Å². The molecule has 5 heteroatoms. The van der Waals surface area contributed by atoms with E-state index in [9.17, 15) is 0 Å². The Balaban J connectivity index is 1.92. The first-order valence-electron chi connectivity index (χ1n) is 6.08. The van der Waals surface area contributed by atoms with E-state index in [2.05, 4.69) is 11.1 Å². The Morgan fingerprint density at radius 2 is 2.11 bits per heavy atom. The van der Waals surface area contributed by atoms with E-state index < -0.39 is 0 Å². The Kier molecular flexibility index (Phi) is 3.34. The van der Waals surface area contributed by atoms with E-state index in [-0.39, 0.29) is 0 Å². The van der Waals surface area contributed by atoms with Gasteiger partial charge in [-0.15, -0.1) is 11.3 Å². The molecule has 1 aromatic heterocycles. The topological polar surface area (TPSA) is 55.1 Å². The second kappa shape index (κ2) is 5.29. The number of hydrogen-bond acceptors (Lipinski definition) is 5. The third kappa shape index (κ3) is 2.54. The maximum absolute atomic E-state index is 8.67. The minimum absolute atomic E-state index is 0.356. The van der Waals surface area contributed by atoms with Gasteiger partial charge in [-0.1, -0.05) is 0 Å². The number of aromatic nitrogens is 1. The molecule has 2 heterocycles. The van der Waals surface area contributed by atoms with Gasteiger partial charge in [-0.3, -0.25) is 0 Å². The summed E-state index contributed by atoms with van der Waals surface area (Å²) in [6, 6.07) is 7.95. The zero-order valence-electron chi connectivity index (χ0n) is 10.3.